The largest absolute Gasteiger partial charge is 0.350 e. The van der Waals surface area contributed by atoms with Crippen LogP contribution < -0.4 is 0 Å². The molecular weight excluding hydrogens is 196 g/mol. The van der Waals surface area contributed by atoms with Crippen LogP contribution in [0.15, 0.2) is 23.8 Å². The molecule has 14 heavy (non-hydrogen) atoms. The van der Waals surface area contributed by atoms with Crippen molar-refractivity contribution >= 4 is 17.7 Å². The SMILES string of the molecule is O=C1CCCN1CN1C=CC=CSC1. The predicted octanol–water partition coefficient (Wildman–Crippen LogP) is 1.60. The molecule has 0 aromatic carbocycles. The van der Waals surface area contributed by atoms with Crippen molar-refractivity contribution in [3.05, 3.63) is 23.8 Å². The van der Waals surface area contributed by atoms with E-state index in [0.717, 1.165) is 31.9 Å². The van der Waals surface area contributed by atoms with Gasteiger partial charge in [0.25, 0.3) is 0 Å². The number of hydrogen-bond donors (Lipinski definition) is 0. The van der Waals surface area contributed by atoms with Gasteiger partial charge in [-0.3, -0.25) is 4.79 Å². The van der Waals surface area contributed by atoms with Crippen molar-refractivity contribution in [1.82, 2.24) is 9.80 Å². The van der Waals surface area contributed by atoms with E-state index in [1.54, 1.807) is 11.8 Å². The van der Waals surface area contributed by atoms with E-state index in [1.165, 1.54) is 0 Å². The lowest BCUT2D eigenvalue weighted by Crippen LogP contribution is -2.35. The fourth-order valence-corrected chi connectivity index (χ4v) is 2.26. The lowest BCUT2D eigenvalue weighted by molar-refractivity contribution is -0.128. The van der Waals surface area contributed by atoms with Gasteiger partial charge in [-0.1, -0.05) is 6.08 Å². The zero-order chi connectivity index (χ0) is 9.80. The van der Waals surface area contributed by atoms with Gasteiger partial charge in [0.1, 0.15) is 0 Å². The molecule has 0 N–H and O–H groups in total. The summed E-state index contributed by atoms with van der Waals surface area (Å²) in [5.41, 5.74) is 0. The highest BCUT2D eigenvalue weighted by atomic mass is 32.2. The summed E-state index contributed by atoms with van der Waals surface area (Å²) in [6, 6.07) is 0. The standard InChI is InChI=1S/C10H14N2OS/c13-10-4-3-6-12(10)8-11-5-1-2-7-14-9-11/h1-2,5,7H,3-4,6,8-9H2. The molecule has 0 radical (unpaired) electrons. The Kier molecular flexibility index (Phi) is 3.14. The maximum absolute atomic E-state index is 11.4. The fourth-order valence-electron chi connectivity index (χ4n) is 1.61. The molecule has 4 heteroatoms. The number of nitrogens with zero attached hydrogens (tertiary/aromatic N) is 2. The highest BCUT2D eigenvalue weighted by molar-refractivity contribution is 8.02. The molecule has 0 bridgehead atoms. The molecule has 2 aliphatic heterocycles. The van der Waals surface area contributed by atoms with Crippen LogP contribution in [0.25, 0.3) is 0 Å². The van der Waals surface area contributed by atoms with Gasteiger partial charge in [0.2, 0.25) is 5.91 Å². The van der Waals surface area contributed by atoms with Crippen molar-refractivity contribution in [2.45, 2.75) is 12.8 Å². The molecule has 0 saturated carbocycles. The average Bonchev–Trinajstić information content (AvgIpc) is 2.44. The molecule has 2 rings (SSSR count). The molecule has 0 atom stereocenters. The maximum Gasteiger partial charge on any atom is 0.224 e. The Morgan fingerprint density at radius 1 is 1.43 bits per heavy atom. The van der Waals surface area contributed by atoms with Gasteiger partial charge in [0.15, 0.2) is 0 Å². The number of carbonyl (C=O) groups excluding carboxylic acids is 1. The van der Waals surface area contributed by atoms with Gasteiger partial charge in [-0.2, -0.15) is 0 Å². The summed E-state index contributed by atoms with van der Waals surface area (Å²) in [4.78, 5) is 15.5. The summed E-state index contributed by atoms with van der Waals surface area (Å²) in [5.74, 6) is 1.22. The van der Waals surface area contributed by atoms with E-state index < -0.39 is 0 Å². The molecule has 1 amide bonds. The second-order valence-corrected chi connectivity index (χ2v) is 4.32. The van der Waals surface area contributed by atoms with Gasteiger partial charge >= 0.3 is 0 Å². The van der Waals surface area contributed by atoms with Crippen LogP contribution >= 0.6 is 11.8 Å². The van der Waals surface area contributed by atoms with Crippen LogP contribution in [0.3, 0.4) is 0 Å². The Balaban J connectivity index is 1.87. The molecule has 0 aromatic rings. The van der Waals surface area contributed by atoms with Crippen LogP contribution in [-0.2, 0) is 4.79 Å². The first-order chi connectivity index (χ1) is 6.86. The van der Waals surface area contributed by atoms with Crippen LogP contribution in [0.1, 0.15) is 12.8 Å². The fraction of sp³-hybridized carbons (Fsp3) is 0.500. The zero-order valence-corrected chi connectivity index (χ0v) is 8.87. The minimum atomic E-state index is 0.292. The summed E-state index contributed by atoms with van der Waals surface area (Å²) < 4.78 is 0. The minimum absolute atomic E-state index is 0.292. The monoisotopic (exact) mass is 210 g/mol. The molecule has 1 saturated heterocycles. The van der Waals surface area contributed by atoms with Gasteiger partial charge in [-0.15, -0.1) is 11.8 Å². The van der Waals surface area contributed by atoms with Crippen LogP contribution in [-0.4, -0.2) is 34.8 Å². The van der Waals surface area contributed by atoms with Gasteiger partial charge < -0.3 is 9.80 Å². The summed E-state index contributed by atoms with van der Waals surface area (Å²) in [7, 11) is 0. The van der Waals surface area contributed by atoms with Gasteiger partial charge in [0.05, 0.1) is 12.5 Å². The lowest BCUT2D eigenvalue weighted by atomic mass is 10.4. The number of amides is 1. The minimum Gasteiger partial charge on any atom is -0.350 e. The smallest absolute Gasteiger partial charge is 0.224 e. The number of rotatable bonds is 2. The third-order valence-corrected chi connectivity index (χ3v) is 3.18. The molecule has 76 valence electrons. The quantitative estimate of drug-likeness (QED) is 0.691. The number of likely N-dealkylation sites (tertiary alicyclic amines) is 1. The van der Waals surface area contributed by atoms with Crippen LogP contribution in [0.4, 0.5) is 0 Å². The Morgan fingerprint density at radius 3 is 3.14 bits per heavy atom. The lowest BCUT2D eigenvalue weighted by Gasteiger charge is -2.25. The summed E-state index contributed by atoms with van der Waals surface area (Å²) >= 11 is 1.75. The topological polar surface area (TPSA) is 23.6 Å². The third kappa shape index (κ3) is 2.32. The van der Waals surface area contributed by atoms with Crippen LogP contribution in [0.5, 0.6) is 0 Å². The second kappa shape index (κ2) is 4.55. The van der Waals surface area contributed by atoms with E-state index >= 15 is 0 Å². The Bertz CT molecular complexity index is 275. The molecule has 2 heterocycles. The number of thioether (sulfide) groups is 1. The number of hydrogen-bond acceptors (Lipinski definition) is 3. The van der Waals surface area contributed by atoms with Crippen molar-refractivity contribution in [3.63, 3.8) is 0 Å². The normalized spacial score (nSPS) is 21.9. The first-order valence-electron chi connectivity index (χ1n) is 4.83. The van der Waals surface area contributed by atoms with E-state index in [4.69, 9.17) is 0 Å². The molecule has 0 spiro atoms. The van der Waals surface area contributed by atoms with Gasteiger partial charge in [0, 0.05) is 19.2 Å². The van der Waals surface area contributed by atoms with Crippen molar-refractivity contribution in [2.24, 2.45) is 0 Å². The Hall–Kier alpha value is -0.900. The molecule has 0 aliphatic carbocycles. The molecule has 3 nitrogen and oxygen atoms in total. The molecule has 1 fully saturated rings. The highest BCUT2D eigenvalue weighted by Gasteiger charge is 2.21. The van der Waals surface area contributed by atoms with E-state index in [9.17, 15) is 4.79 Å². The molecule has 0 aromatic heterocycles. The predicted molar refractivity (Wildman–Crippen MR) is 58.4 cm³/mol. The number of carbonyl (C=O) groups is 1. The summed E-state index contributed by atoms with van der Waals surface area (Å²) in [5, 5.41) is 2.07. The third-order valence-electron chi connectivity index (χ3n) is 2.35. The van der Waals surface area contributed by atoms with E-state index in [2.05, 4.69) is 10.3 Å². The highest BCUT2D eigenvalue weighted by Crippen LogP contribution is 2.14. The van der Waals surface area contributed by atoms with Crippen LogP contribution in [0.2, 0.25) is 0 Å². The average molecular weight is 210 g/mol. The van der Waals surface area contributed by atoms with Crippen molar-refractivity contribution in [3.8, 4) is 0 Å². The summed E-state index contributed by atoms with van der Waals surface area (Å²) in [6.45, 7) is 1.66. The van der Waals surface area contributed by atoms with Crippen molar-refractivity contribution < 1.29 is 4.79 Å². The van der Waals surface area contributed by atoms with Crippen molar-refractivity contribution in [1.29, 1.82) is 0 Å². The molecule has 2 aliphatic rings. The maximum atomic E-state index is 11.4. The first-order valence-corrected chi connectivity index (χ1v) is 5.88. The van der Waals surface area contributed by atoms with E-state index in [-0.39, 0.29) is 0 Å². The van der Waals surface area contributed by atoms with Gasteiger partial charge in [-0.25, -0.2) is 0 Å². The first kappa shape index (κ1) is 9.65. The zero-order valence-electron chi connectivity index (χ0n) is 8.06. The van der Waals surface area contributed by atoms with Crippen LogP contribution in [0, 0.1) is 0 Å². The molecular formula is C10H14N2OS. The molecule has 0 unspecified atom stereocenters. The van der Waals surface area contributed by atoms with Gasteiger partial charge in [-0.05, 0) is 17.9 Å². The van der Waals surface area contributed by atoms with E-state index in [1.807, 2.05) is 23.3 Å². The number of allylic oxidation sites excluding steroid dienone is 2. The van der Waals surface area contributed by atoms with E-state index in [0.29, 0.717) is 5.91 Å². The Labute approximate surface area is 88.4 Å². The summed E-state index contributed by atoms with van der Waals surface area (Å²) in [6.07, 6.45) is 7.82. The van der Waals surface area contributed by atoms with Crippen molar-refractivity contribution in [2.75, 3.05) is 19.1 Å². The second-order valence-electron chi connectivity index (χ2n) is 3.46. The Morgan fingerprint density at radius 2 is 2.36 bits per heavy atom.